The maximum atomic E-state index is 12.3. The van der Waals surface area contributed by atoms with Crippen molar-refractivity contribution in [3.8, 4) is 0 Å². The van der Waals surface area contributed by atoms with Gasteiger partial charge in [0.1, 0.15) is 0 Å². The summed E-state index contributed by atoms with van der Waals surface area (Å²) >= 11 is 0. The van der Waals surface area contributed by atoms with E-state index < -0.39 is 24.7 Å². The van der Waals surface area contributed by atoms with Crippen LogP contribution in [0.2, 0.25) is 0 Å². The molecule has 0 bridgehead atoms. The molecule has 2 N–H and O–H groups in total. The molecule has 0 radical (unpaired) electrons. The summed E-state index contributed by atoms with van der Waals surface area (Å²) in [7, 11) is 0. The molecule has 1 aliphatic rings. The Balaban J connectivity index is 2.01. The molecule has 0 saturated carbocycles. The number of anilines is 1. The molecule has 1 fully saturated rings. The minimum atomic E-state index is -4.23. The standard InChI is InChI=1S/C14H17F3N2O2/c15-14(16,17)7-5-10-3-1-2-4-12(10)18-13(21)19-8-6-11(20)9-19/h1-4,11,20H,5-9H2,(H,18,21)/t11-/m0/s1. The minimum absolute atomic E-state index is 0.178. The fourth-order valence-corrected chi connectivity index (χ4v) is 2.26. The smallest absolute Gasteiger partial charge is 0.389 e. The third-order valence-electron chi connectivity index (χ3n) is 3.39. The lowest BCUT2D eigenvalue weighted by Crippen LogP contribution is -2.33. The first-order chi connectivity index (χ1) is 9.85. The van der Waals surface area contributed by atoms with Gasteiger partial charge in [-0.3, -0.25) is 0 Å². The predicted molar refractivity (Wildman–Crippen MR) is 72.0 cm³/mol. The molecule has 2 amide bonds. The number of benzene rings is 1. The summed E-state index contributed by atoms with van der Waals surface area (Å²) in [5.41, 5.74) is 0.830. The predicted octanol–water partition coefficient (Wildman–Crippen LogP) is 2.78. The van der Waals surface area contributed by atoms with Gasteiger partial charge in [0.15, 0.2) is 0 Å². The van der Waals surface area contributed by atoms with E-state index >= 15 is 0 Å². The minimum Gasteiger partial charge on any atom is -0.391 e. The normalized spacial score (nSPS) is 18.9. The summed E-state index contributed by atoms with van der Waals surface area (Å²) in [5, 5.41) is 12.0. The topological polar surface area (TPSA) is 52.6 Å². The number of hydrogen-bond acceptors (Lipinski definition) is 2. The van der Waals surface area contributed by atoms with E-state index in [1.807, 2.05) is 0 Å². The van der Waals surface area contributed by atoms with Crippen LogP contribution in [-0.4, -0.2) is 41.4 Å². The molecular weight excluding hydrogens is 285 g/mol. The molecule has 116 valence electrons. The Kier molecular flexibility index (Phi) is 4.72. The number of aliphatic hydroxyl groups is 1. The number of rotatable bonds is 3. The van der Waals surface area contributed by atoms with Gasteiger partial charge in [-0.25, -0.2) is 4.79 Å². The summed E-state index contributed by atoms with van der Waals surface area (Å²) in [5.74, 6) is 0. The quantitative estimate of drug-likeness (QED) is 0.902. The number of amides is 2. The number of likely N-dealkylation sites (tertiary alicyclic amines) is 1. The number of nitrogens with zero attached hydrogens (tertiary/aromatic N) is 1. The molecule has 1 aromatic carbocycles. The van der Waals surface area contributed by atoms with Gasteiger partial charge in [-0.1, -0.05) is 18.2 Å². The van der Waals surface area contributed by atoms with E-state index in [1.54, 1.807) is 24.3 Å². The average Bonchev–Trinajstić information content (AvgIpc) is 2.83. The summed E-state index contributed by atoms with van der Waals surface area (Å²) in [6.45, 7) is 0.689. The van der Waals surface area contributed by atoms with Crippen molar-refractivity contribution in [3.05, 3.63) is 29.8 Å². The number of urea groups is 1. The number of carbonyl (C=O) groups is 1. The Morgan fingerprint density at radius 2 is 2.10 bits per heavy atom. The van der Waals surface area contributed by atoms with Gasteiger partial charge < -0.3 is 15.3 Å². The van der Waals surface area contributed by atoms with Crippen LogP contribution in [-0.2, 0) is 6.42 Å². The van der Waals surface area contributed by atoms with Crippen molar-refractivity contribution in [2.75, 3.05) is 18.4 Å². The van der Waals surface area contributed by atoms with Crippen LogP contribution in [0.1, 0.15) is 18.4 Å². The first-order valence-electron chi connectivity index (χ1n) is 6.74. The molecule has 1 atom stereocenters. The molecule has 0 unspecified atom stereocenters. The molecular formula is C14H17F3N2O2. The van der Waals surface area contributed by atoms with Crippen LogP contribution in [0.25, 0.3) is 0 Å². The maximum absolute atomic E-state index is 12.3. The highest BCUT2D eigenvalue weighted by molar-refractivity contribution is 5.90. The Bertz CT molecular complexity index is 505. The number of halogens is 3. The second kappa shape index (κ2) is 6.34. The fraction of sp³-hybridized carbons (Fsp3) is 0.500. The molecule has 0 spiro atoms. The number of aliphatic hydroxyl groups excluding tert-OH is 1. The van der Waals surface area contributed by atoms with Gasteiger partial charge in [0, 0.05) is 25.2 Å². The zero-order chi connectivity index (χ0) is 15.5. The van der Waals surface area contributed by atoms with Crippen molar-refractivity contribution in [1.29, 1.82) is 0 Å². The van der Waals surface area contributed by atoms with Gasteiger partial charge in [0.05, 0.1) is 6.10 Å². The van der Waals surface area contributed by atoms with Crippen molar-refractivity contribution >= 4 is 11.7 Å². The van der Waals surface area contributed by atoms with Gasteiger partial charge in [0.2, 0.25) is 0 Å². The number of para-hydroxylation sites is 1. The van der Waals surface area contributed by atoms with E-state index in [0.717, 1.165) is 0 Å². The highest BCUT2D eigenvalue weighted by Crippen LogP contribution is 2.25. The Morgan fingerprint density at radius 3 is 2.71 bits per heavy atom. The average molecular weight is 302 g/mol. The largest absolute Gasteiger partial charge is 0.391 e. The molecule has 21 heavy (non-hydrogen) atoms. The van der Waals surface area contributed by atoms with Gasteiger partial charge in [0.25, 0.3) is 0 Å². The Hall–Kier alpha value is -1.76. The third-order valence-corrected chi connectivity index (χ3v) is 3.39. The fourth-order valence-electron chi connectivity index (χ4n) is 2.26. The third kappa shape index (κ3) is 4.63. The van der Waals surface area contributed by atoms with Crippen molar-refractivity contribution < 1.29 is 23.1 Å². The van der Waals surface area contributed by atoms with E-state index in [4.69, 9.17) is 0 Å². The number of hydrogen-bond donors (Lipinski definition) is 2. The highest BCUT2D eigenvalue weighted by Gasteiger charge is 2.28. The molecule has 2 rings (SSSR count). The lowest BCUT2D eigenvalue weighted by molar-refractivity contribution is -0.133. The summed E-state index contributed by atoms with van der Waals surface area (Å²) in [6, 6.07) is 6.05. The number of carbonyl (C=O) groups excluding carboxylic acids is 1. The van der Waals surface area contributed by atoms with Crippen LogP contribution < -0.4 is 5.32 Å². The van der Waals surface area contributed by atoms with Crippen molar-refractivity contribution in [1.82, 2.24) is 4.90 Å². The second-order valence-corrected chi connectivity index (χ2v) is 5.09. The number of β-amino-alcohol motifs (C(OH)–C–C–N with tert-alkyl or cyclic N) is 1. The molecule has 0 aromatic heterocycles. The molecule has 1 aliphatic heterocycles. The van der Waals surface area contributed by atoms with Crippen LogP contribution in [0.3, 0.4) is 0 Å². The summed E-state index contributed by atoms with van der Waals surface area (Å²) < 4.78 is 36.9. The van der Waals surface area contributed by atoms with E-state index in [0.29, 0.717) is 24.2 Å². The molecule has 1 heterocycles. The SMILES string of the molecule is O=C(Nc1ccccc1CCC(F)(F)F)N1CC[C@H](O)C1. The van der Waals surface area contributed by atoms with E-state index in [1.165, 1.54) is 4.90 Å². The van der Waals surface area contributed by atoms with E-state index in [9.17, 15) is 23.1 Å². The van der Waals surface area contributed by atoms with Crippen LogP contribution in [0.15, 0.2) is 24.3 Å². The van der Waals surface area contributed by atoms with Gasteiger partial charge in [-0.2, -0.15) is 13.2 Å². The van der Waals surface area contributed by atoms with Crippen LogP contribution in [0.4, 0.5) is 23.7 Å². The first kappa shape index (κ1) is 15.6. The first-order valence-corrected chi connectivity index (χ1v) is 6.74. The van der Waals surface area contributed by atoms with Crippen LogP contribution >= 0.6 is 0 Å². The van der Waals surface area contributed by atoms with E-state index in [-0.39, 0.29) is 13.0 Å². The van der Waals surface area contributed by atoms with Crippen molar-refractivity contribution in [2.45, 2.75) is 31.5 Å². The zero-order valence-corrected chi connectivity index (χ0v) is 11.4. The van der Waals surface area contributed by atoms with Gasteiger partial charge >= 0.3 is 12.2 Å². The van der Waals surface area contributed by atoms with Crippen molar-refractivity contribution in [2.24, 2.45) is 0 Å². The lowest BCUT2D eigenvalue weighted by Gasteiger charge is -2.18. The summed E-state index contributed by atoms with van der Waals surface area (Å²) in [4.78, 5) is 13.4. The molecule has 1 saturated heterocycles. The monoisotopic (exact) mass is 302 g/mol. The van der Waals surface area contributed by atoms with E-state index in [2.05, 4.69) is 5.32 Å². The number of aryl methyl sites for hydroxylation is 1. The zero-order valence-electron chi connectivity index (χ0n) is 11.4. The summed E-state index contributed by atoms with van der Waals surface area (Å²) in [6.07, 6.45) is -5.35. The Labute approximate surface area is 120 Å². The number of alkyl halides is 3. The lowest BCUT2D eigenvalue weighted by atomic mass is 10.1. The highest BCUT2D eigenvalue weighted by atomic mass is 19.4. The molecule has 0 aliphatic carbocycles. The molecule has 7 heteroatoms. The second-order valence-electron chi connectivity index (χ2n) is 5.09. The van der Waals surface area contributed by atoms with Crippen LogP contribution in [0.5, 0.6) is 0 Å². The number of nitrogens with one attached hydrogen (secondary N) is 1. The molecule has 1 aromatic rings. The van der Waals surface area contributed by atoms with Crippen LogP contribution in [0, 0.1) is 0 Å². The Morgan fingerprint density at radius 1 is 1.38 bits per heavy atom. The maximum Gasteiger partial charge on any atom is 0.389 e. The molecule has 4 nitrogen and oxygen atoms in total. The van der Waals surface area contributed by atoms with Gasteiger partial charge in [-0.05, 0) is 24.5 Å². The van der Waals surface area contributed by atoms with Gasteiger partial charge in [-0.15, -0.1) is 0 Å². The van der Waals surface area contributed by atoms with Crippen molar-refractivity contribution in [3.63, 3.8) is 0 Å².